The van der Waals surface area contributed by atoms with Crippen LogP contribution in [0, 0.1) is 11.6 Å². The molecule has 210 valence electrons. The third-order valence-corrected chi connectivity index (χ3v) is 7.74. The van der Waals surface area contributed by atoms with Crippen molar-refractivity contribution in [2.24, 2.45) is 0 Å². The highest BCUT2D eigenvalue weighted by molar-refractivity contribution is 5.87. The number of halogens is 2. The molecule has 0 atom stereocenters. The minimum atomic E-state index is -0.447. The second-order valence-corrected chi connectivity index (χ2v) is 10.5. The average Bonchev–Trinajstić information content (AvgIpc) is 2.94. The van der Waals surface area contributed by atoms with E-state index in [1.54, 1.807) is 12.1 Å². The van der Waals surface area contributed by atoms with Crippen LogP contribution in [0.4, 0.5) is 8.78 Å². The quantitative estimate of drug-likeness (QED) is 0.247. The molecule has 2 aromatic carbocycles. The maximum absolute atomic E-state index is 13.8. The number of fused-ring (bicyclic) bond motifs is 1. The number of nitrogens with one attached hydrogen (secondary N) is 2. The van der Waals surface area contributed by atoms with Gasteiger partial charge in [0.15, 0.2) is 0 Å². The smallest absolute Gasteiger partial charge is 0.248 e. The number of H-pyrrole nitrogens is 1. The number of rotatable bonds is 13. The second-order valence-electron chi connectivity index (χ2n) is 10.5. The van der Waals surface area contributed by atoms with Crippen LogP contribution in [-0.4, -0.2) is 46.6 Å². The third-order valence-electron chi connectivity index (χ3n) is 7.74. The number of aryl methyl sites for hydroxylation is 1. The van der Waals surface area contributed by atoms with Crippen LogP contribution in [0.5, 0.6) is 5.75 Å². The molecule has 1 amide bonds. The van der Waals surface area contributed by atoms with Crippen molar-refractivity contribution >= 4 is 16.8 Å². The van der Waals surface area contributed by atoms with Gasteiger partial charge in [0.2, 0.25) is 11.5 Å². The van der Waals surface area contributed by atoms with Crippen LogP contribution in [0.3, 0.4) is 0 Å². The topological polar surface area (TPSA) is 85.4 Å². The van der Waals surface area contributed by atoms with E-state index in [1.165, 1.54) is 18.6 Å². The molecule has 0 unspecified atom stereocenters. The number of phenols is 1. The van der Waals surface area contributed by atoms with Crippen molar-refractivity contribution in [3.8, 4) is 5.75 Å². The number of nitrogens with zero attached hydrogens (tertiary/aromatic N) is 1. The Bertz CT molecular complexity index is 1300. The summed E-state index contributed by atoms with van der Waals surface area (Å²) in [5, 5.41) is 14.2. The summed E-state index contributed by atoms with van der Waals surface area (Å²) < 4.78 is 27.2. The van der Waals surface area contributed by atoms with Gasteiger partial charge in [-0.3, -0.25) is 9.59 Å². The highest BCUT2D eigenvalue weighted by Crippen LogP contribution is 2.27. The van der Waals surface area contributed by atoms with Gasteiger partial charge < -0.3 is 20.3 Å². The molecule has 3 aromatic rings. The number of benzene rings is 2. The number of aromatic amines is 1. The zero-order valence-electron chi connectivity index (χ0n) is 22.5. The fraction of sp³-hybridized carbons (Fsp3) is 0.484. The molecule has 6 nitrogen and oxygen atoms in total. The number of phenolic OH excluding ortho intramolecular Hbond substituents is 1. The molecule has 1 aliphatic rings. The zero-order chi connectivity index (χ0) is 27.6. The fourth-order valence-electron chi connectivity index (χ4n) is 5.61. The molecule has 39 heavy (non-hydrogen) atoms. The van der Waals surface area contributed by atoms with Crippen LogP contribution in [0.1, 0.15) is 68.9 Å². The number of carbonyl (C=O) groups is 1. The highest BCUT2D eigenvalue weighted by Gasteiger charge is 2.24. The Morgan fingerprint density at radius 3 is 2.59 bits per heavy atom. The Hall–Kier alpha value is -3.26. The fourth-order valence-corrected chi connectivity index (χ4v) is 5.61. The number of carbonyl (C=O) groups excluding carboxylic acids is 1. The van der Waals surface area contributed by atoms with Gasteiger partial charge in [-0.25, -0.2) is 8.78 Å². The highest BCUT2D eigenvalue weighted by atomic mass is 19.1. The van der Waals surface area contributed by atoms with Gasteiger partial charge >= 0.3 is 0 Å². The van der Waals surface area contributed by atoms with Crippen LogP contribution in [-0.2, 0) is 17.6 Å². The van der Waals surface area contributed by atoms with Gasteiger partial charge in [-0.15, -0.1) is 0 Å². The Morgan fingerprint density at radius 1 is 0.949 bits per heavy atom. The van der Waals surface area contributed by atoms with Gasteiger partial charge in [0, 0.05) is 37.0 Å². The van der Waals surface area contributed by atoms with E-state index in [4.69, 9.17) is 0 Å². The standard InChI is InChI=1S/C31H39F2N3O3/c32-24-11-13-27(33)23(21-24)16-18-34-19-17-30(39)36(25-8-4-1-5-9-25)20-6-2-3-7-22-10-14-28(37)31-26(22)12-15-29(38)35-31/h10-15,21,25,34,37H,1-9,16-20H2,(H,35,38). The van der Waals surface area contributed by atoms with E-state index in [-0.39, 0.29) is 17.2 Å². The van der Waals surface area contributed by atoms with Gasteiger partial charge in [0.1, 0.15) is 17.4 Å². The van der Waals surface area contributed by atoms with E-state index in [1.807, 2.05) is 6.07 Å². The molecule has 1 aliphatic carbocycles. The van der Waals surface area contributed by atoms with Crippen molar-refractivity contribution in [2.45, 2.75) is 76.7 Å². The number of hydrogen-bond acceptors (Lipinski definition) is 4. The molecular weight excluding hydrogens is 500 g/mol. The van der Waals surface area contributed by atoms with Crippen LogP contribution >= 0.6 is 0 Å². The lowest BCUT2D eigenvalue weighted by atomic mass is 9.93. The minimum absolute atomic E-state index is 0.0729. The molecule has 8 heteroatoms. The molecule has 0 spiro atoms. The third kappa shape index (κ3) is 8.12. The minimum Gasteiger partial charge on any atom is -0.506 e. The molecule has 1 heterocycles. The van der Waals surface area contributed by atoms with Crippen molar-refractivity contribution in [3.63, 3.8) is 0 Å². The van der Waals surface area contributed by atoms with Crippen LogP contribution < -0.4 is 10.9 Å². The summed E-state index contributed by atoms with van der Waals surface area (Å²) in [6.45, 7) is 1.73. The molecule has 1 aromatic heterocycles. The first-order chi connectivity index (χ1) is 18.9. The number of aromatic hydroxyl groups is 1. The summed E-state index contributed by atoms with van der Waals surface area (Å²) in [4.78, 5) is 29.6. The number of hydrogen-bond donors (Lipinski definition) is 3. The molecule has 1 saturated carbocycles. The maximum atomic E-state index is 13.8. The molecule has 0 bridgehead atoms. The lowest BCUT2D eigenvalue weighted by Gasteiger charge is -2.34. The maximum Gasteiger partial charge on any atom is 0.248 e. The first-order valence-corrected chi connectivity index (χ1v) is 14.2. The Morgan fingerprint density at radius 2 is 1.77 bits per heavy atom. The van der Waals surface area contributed by atoms with Crippen molar-refractivity contribution in [3.05, 3.63) is 75.6 Å². The largest absolute Gasteiger partial charge is 0.506 e. The number of pyridine rings is 1. The van der Waals surface area contributed by atoms with Crippen LogP contribution in [0.25, 0.3) is 10.9 Å². The lowest BCUT2D eigenvalue weighted by molar-refractivity contribution is -0.134. The monoisotopic (exact) mass is 539 g/mol. The number of unbranched alkanes of at least 4 members (excludes halogenated alkanes) is 2. The molecule has 0 saturated heterocycles. The van der Waals surface area contributed by atoms with E-state index >= 15 is 0 Å². The Labute approximate surface area is 228 Å². The predicted molar refractivity (Wildman–Crippen MR) is 150 cm³/mol. The Balaban J connectivity index is 1.23. The molecular formula is C31H39F2N3O3. The molecule has 0 radical (unpaired) electrons. The number of amides is 1. The first-order valence-electron chi connectivity index (χ1n) is 14.2. The van der Waals surface area contributed by atoms with Gasteiger partial charge in [-0.1, -0.05) is 31.7 Å². The van der Waals surface area contributed by atoms with Crippen molar-refractivity contribution in [1.82, 2.24) is 15.2 Å². The number of aromatic nitrogens is 1. The SMILES string of the molecule is O=C(CCNCCc1cc(F)ccc1F)N(CCCCCc1ccc(O)c2[nH]c(=O)ccc12)C1CCCCC1. The normalized spacial score (nSPS) is 14.1. The molecule has 0 aliphatic heterocycles. The van der Waals surface area contributed by atoms with E-state index in [9.17, 15) is 23.5 Å². The second kappa shape index (κ2) is 14.2. The summed E-state index contributed by atoms with van der Waals surface area (Å²) in [6.07, 6.45) is 10.1. The first kappa shape index (κ1) is 28.7. The van der Waals surface area contributed by atoms with Gasteiger partial charge in [0.25, 0.3) is 0 Å². The summed E-state index contributed by atoms with van der Waals surface area (Å²) in [5.41, 5.74) is 1.66. The van der Waals surface area contributed by atoms with Crippen LogP contribution in [0.2, 0.25) is 0 Å². The van der Waals surface area contributed by atoms with Crippen molar-refractivity contribution in [2.75, 3.05) is 19.6 Å². The van der Waals surface area contributed by atoms with Crippen LogP contribution in [0.15, 0.2) is 47.3 Å². The van der Waals surface area contributed by atoms with Crippen molar-refractivity contribution < 1.29 is 18.7 Å². The van der Waals surface area contributed by atoms with E-state index in [2.05, 4.69) is 15.2 Å². The molecule has 3 N–H and O–H groups in total. The average molecular weight is 540 g/mol. The summed E-state index contributed by atoms with van der Waals surface area (Å²) in [6, 6.07) is 10.5. The summed E-state index contributed by atoms with van der Waals surface area (Å²) in [5.74, 6) is -0.632. The summed E-state index contributed by atoms with van der Waals surface area (Å²) in [7, 11) is 0. The molecule has 4 rings (SSSR count). The van der Waals surface area contributed by atoms with E-state index in [0.717, 1.165) is 81.0 Å². The van der Waals surface area contributed by atoms with Gasteiger partial charge in [0.05, 0.1) is 5.52 Å². The van der Waals surface area contributed by atoms with Crippen molar-refractivity contribution in [1.29, 1.82) is 0 Å². The Kier molecular flexibility index (Phi) is 10.5. The van der Waals surface area contributed by atoms with Gasteiger partial charge in [-0.05, 0) is 86.5 Å². The lowest BCUT2D eigenvalue weighted by Crippen LogP contribution is -2.43. The van der Waals surface area contributed by atoms with E-state index < -0.39 is 11.6 Å². The van der Waals surface area contributed by atoms with Gasteiger partial charge in [-0.2, -0.15) is 0 Å². The summed E-state index contributed by atoms with van der Waals surface area (Å²) >= 11 is 0. The molecule has 1 fully saturated rings. The van der Waals surface area contributed by atoms with E-state index in [0.29, 0.717) is 43.1 Å². The zero-order valence-corrected chi connectivity index (χ0v) is 22.5. The predicted octanol–water partition coefficient (Wildman–Crippen LogP) is 5.61.